The van der Waals surface area contributed by atoms with Gasteiger partial charge in [-0.3, -0.25) is 9.69 Å². The monoisotopic (exact) mass is 325 g/mol. The van der Waals surface area contributed by atoms with Crippen molar-refractivity contribution in [2.45, 2.75) is 6.04 Å². The predicted octanol–water partition coefficient (Wildman–Crippen LogP) is 0.820. The molecule has 0 bridgehead atoms. The van der Waals surface area contributed by atoms with Gasteiger partial charge < -0.3 is 9.47 Å². The van der Waals surface area contributed by atoms with Crippen LogP contribution in [0.1, 0.15) is 22.2 Å². The Morgan fingerprint density at radius 1 is 1.21 bits per heavy atom. The van der Waals surface area contributed by atoms with Crippen LogP contribution in [-0.4, -0.2) is 67.4 Å². The number of piperazine rings is 1. The summed E-state index contributed by atoms with van der Waals surface area (Å²) >= 11 is 0. The zero-order valence-corrected chi connectivity index (χ0v) is 13.7. The first-order valence-electron chi connectivity index (χ1n) is 7.91. The lowest BCUT2D eigenvalue weighted by Crippen LogP contribution is -2.49. The van der Waals surface area contributed by atoms with Crippen LogP contribution < -0.4 is 0 Å². The molecule has 1 saturated heterocycles. The Bertz CT molecular complexity index is 883. The number of carbonyl (C=O) groups is 1. The quantitative estimate of drug-likeness (QED) is 0.754. The number of aromatic nitrogens is 5. The van der Waals surface area contributed by atoms with Crippen LogP contribution in [0, 0.1) is 0 Å². The smallest absolute Gasteiger partial charge is 0.254 e. The van der Waals surface area contributed by atoms with Crippen LogP contribution >= 0.6 is 0 Å². The summed E-state index contributed by atoms with van der Waals surface area (Å²) < 4.78 is 2.01. The number of fused-ring (bicyclic) bond motifs is 1. The lowest BCUT2D eigenvalue weighted by atomic mass is 10.1. The van der Waals surface area contributed by atoms with E-state index in [9.17, 15) is 4.79 Å². The van der Waals surface area contributed by atoms with Crippen LogP contribution in [0.15, 0.2) is 30.6 Å². The fourth-order valence-corrected chi connectivity index (χ4v) is 3.19. The normalized spacial score (nSPS) is 19.1. The van der Waals surface area contributed by atoms with Crippen LogP contribution in [0.3, 0.4) is 0 Å². The van der Waals surface area contributed by atoms with Gasteiger partial charge in [0.05, 0.1) is 6.04 Å². The van der Waals surface area contributed by atoms with Crippen molar-refractivity contribution in [2.75, 3.05) is 26.7 Å². The first-order valence-corrected chi connectivity index (χ1v) is 7.91. The van der Waals surface area contributed by atoms with Gasteiger partial charge in [0.15, 0.2) is 0 Å². The molecule has 1 fully saturated rings. The van der Waals surface area contributed by atoms with Gasteiger partial charge in [0.2, 0.25) is 0 Å². The van der Waals surface area contributed by atoms with Crippen molar-refractivity contribution < 1.29 is 4.79 Å². The molecule has 124 valence electrons. The summed E-state index contributed by atoms with van der Waals surface area (Å²) in [4.78, 5) is 21.5. The maximum atomic E-state index is 12.9. The van der Waals surface area contributed by atoms with Crippen molar-refractivity contribution >= 4 is 16.9 Å². The maximum absolute atomic E-state index is 12.9. The van der Waals surface area contributed by atoms with Gasteiger partial charge in [-0.05, 0) is 25.2 Å². The molecule has 0 unspecified atom stereocenters. The third kappa shape index (κ3) is 2.44. The van der Waals surface area contributed by atoms with Gasteiger partial charge >= 0.3 is 0 Å². The molecule has 1 N–H and O–H groups in total. The number of benzene rings is 1. The number of likely N-dealkylation sites (N-methyl/N-ethyl adjacent to an activating group) is 1. The number of hydrogen-bond acceptors (Lipinski definition) is 5. The zero-order valence-electron chi connectivity index (χ0n) is 13.7. The number of hydrogen-bond donors (Lipinski definition) is 1. The number of nitrogens with one attached hydrogen (secondary N) is 1. The molecule has 1 aromatic carbocycles. The van der Waals surface area contributed by atoms with Crippen LogP contribution in [0.4, 0.5) is 0 Å². The van der Waals surface area contributed by atoms with Gasteiger partial charge in [-0.15, -0.1) is 0 Å². The molecule has 1 amide bonds. The van der Waals surface area contributed by atoms with E-state index in [-0.39, 0.29) is 11.9 Å². The summed E-state index contributed by atoms with van der Waals surface area (Å²) in [7, 11) is 4.05. The molecule has 0 spiro atoms. The highest BCUT2D eigenvalue weighted by Crippen LogP contribution is 2.24. The minimum Gasteiger partial charge on any atom is -0.337 e. The Hall–Kier alpha value is -2.74. The Morgan fingerprint density at radius 3 is 2.83 bits per heavy atom. The number of carbonyl (C=O) groups excluding carboxylic acids is 1. The average molecular weight is 325 g/mol. The van der Waals surface area contributed by atoms with Gasteiger partial charge in [-0.1, -0.05) is 0 Å². The number of H-pyrrole nitrogens is 1. The minimum absolute atomic E-state index is 0.0206. The fraction of sp³-hybridized carbons (Fsp3) is 0.375. The van der Waals surface area contributed by atoms with Crippen molar-refractivity contribution in [2.24, 2.45) is 7.05 Å². The van der Waals surface area contributed by atoms with Crippen molar-refractivity contribution in [3.63, 3.8) is 0 Å². The summed E-state index contributed by atoms with van der Waals surface area (Å²) in [6, 6.07) is 5.51. The Kier molecular flexibility index (Phi) is 3.53. The lowest BCUT2D eigenvalue weighted by Gasteiger charge is -2.39. The van der Waals surface area contributed by atoms with Crippen LogP contribution in [0.25, 0.3) is 11.0 Å². The van der Waals surface area contributed by atoms with Gasteiger partial charge in [0.25, 0.3) is 5.91 Å². The van der Waals surface area contributed by atoms with Crippen LogP contribution in [0.5, 0.6) is 0 Å². The Labute approximate surface area is 139 Å². The van der Waals surface area contributed by atoms with Gasteiger partial charge in [-0.2, -0.15) is 15.4 Å². The summed E-state index contributed by atoms with van der Waals surface area (Å²) in [5.74, 6) is 0.995. The molecule has 0 radical (unpaired) electrons. The molecule has 24 heavy (non-hydrogen) atoms. The van der Waals surface area contributed by atoms with Gasteiger partial charge in [-0.25, -0.2) is 4.98 Å². The van der Waals surface area contributed by atoms with E-state index in [1.807, 2.05) is 28.8 Å². The third-order valence-electron chi connectivity index (χ3n) is 4.65. The highest BCUT2D eigenvalue weighted by Gasteiger charge is 2.31. The van der Waals surface area contributed by atoms with E-state index >= 15 is 0 Å². The molecular formula is C16H19N7O. The number of aromatic amines is 1. The topological polar surface area (TPSA) is 82.9 Å². The molecule has 3 heterocycles. The highest BCUT2D eigenvalue weighted by atomic mass is 16.2. The molecule has 0 saturated carbocycles. The van der Waals surface area contributed by atoms with Crippen molar-refractivity contribution in [3.8, 4) is 0 Å². The summed E-state index contributed by atoms with van der Waals surface area (Å²) in [6.07, 6.45) is 3.73. The molecule has 3 aromatic rings. The second-order valence-electron chi connectivity index (χ2n) is 6.17. The van der Waals surface area contributed by atoms with Crippen molar-refractivity contribution in [1.29, 1.82) is 0 Å². The second-order valence-corrected chi connectivity index (χ2v) is 6.17. The zero-order chi connectivity index (χ0) is 16.7. The Morgan fingerprint density at radius 2 is 2.04 bits per heavy atom. The number of imidazole rings is 1. The largest absolute Gasteiger partial charge is 0.337 e. The summed E-state index contributed by atoms with van der Waals surface area (Å²) in [5.41, 5.74) is 2.10. The van der Waals surface area contributed by atoms with E-state index in [0.29, 0.717) is 24.2 Å². The van der Waals surface area contributed by atoms with E-state index in [2.05, 4.69) is 32.3 Å². The van der Waals surface area contributed by atoms with E-state index in [1.165, 1.54) is 0 Å². The molecular weight excluding hydrogens is 306 g/mol. The minimum atomic E-state index is 0.0206. The predicted molar refractivity (Wildman–Crippen MR) is 88.4 cm³/mol. The lowest BCUT2D eigenvalue weighted by molar-refractivity contribution is 0.0529. The number of rotatable bonds is 2. The van der Waals surface area contributed by atoms with Crippen LogP contribution in [-0.2, 0) is 7.05 Å². The third-order valence-corrected chi connectivity index (χ3v) is 4.65. The molecule has 8 nitrogen and oxygen atoms in total. The average Bonchev–Trinajstić information content (AvgIpc) is 3.22. The maximum Gasteiger partial charge on any atom is 0.254 e. The van der Waals surface area contributed by atoms with Gasteiger partial charge in [0.1, 0.15) is 16.9 Å². The summed E-state index contributed by atoms with van der Waals surface area (Å²) in [5, 5.41) is 10.7. The SMILES string of the molecule is CN1CCN(C(=O)c2ccc3n[nH]nc3c2)C[C@H]1c1nccn1C. The summed E-state index contributed by atoms with van der Waals surface area (Å²) in [6.45, 7) is 2.14. The molecule has 2 aromatic heterocycles. The van der Waals surface area contributed by atoms with E-state index in [4.69, 9.17) is 0 Å². The first kappa shape index (κ1) is 14.8. The number of nitrogens with zero attached hydrogens (tertiary/aromatic N) is 6. The first-order chi connectivity index (χ1) is 11.6. The molecule has 1 aliphatic rings. The van der Waals surface area contributed by atoms with E-state index < -0.39 is 0 Å². The fourth-order valence-electron chi connectivity index (χ4n) is 3.19. The number of amides is 1. The molecule has 4 rings (SSSR count). The highest BCUT2D eigenvalue weighted by molar-refractivity contribution is 5.97. The Balaban J connectivity index is 1.59. The second kappa shape index (κ2) is 5.72. The van der Waals surface area contributed by atoms with Crippen molar-refractivity contribution in [3.05, 3.63) is 42.0 Å². The van der Waals surface area contributed by atoms with Crippen molar-refractivity contribution in [1.82, 2.24) is 34.8 Å². The molecule has 1 aliphatic heterocycles. The molecule has 1 atom stereocenters. The molecule has 0 aliphatic carbocycles. The van der Waals surface area contributed by atoms with Gasteiger partial charge in [0, 0.05) is 44.6 Å². The van der Waals surface area contributed by atoms with Crippen LogP contribution in [0.2, 0.25) is 0 Å². The number of aryl methyl sites for hydroxylation is 1. The van der Waals surface area contributed by atoms with E-state index in [0.717, 1.165) is 17.9 Å². The standard InChI is InChI=1S/C16H19N7O/c1-21-7-8-23(10-14(21)15-17-5-6-22(15)2)16(24)11-3-4-12-13(9-11)19-20-18-12/h3-6,9,14H,7-8,10H2,1-2H3,(H,18,19,20)/t14-/m0/s1. The van der Waals surface area contributed by atoms with E-state index in [1.54, 1.807) is 18.3 Å². The molecule has 8 heteroatoms.